The number of H-pyrrole nitrogens is 1. The zero-order valence-electron chi connectivity index (χ0n) is 22.4. The van der Waals surface area contributed by atoms with Crippen molar-refractivity contribution in [2.24, 2.45) is 5.92 Å². The first-order valence-electron chi connectivity index (χ1n) is 13.1. The zero-order chi connectivity index (χ0) is 28.4. The van der Waals surface area contributed by atoms with Crippen LogP contribution in [-0.4, -0.2) is 51.5 Å². The third kappa shape index (κ3) is 5.42. The number of rotatable bonds is 6. The van der Waals surface area contributed by atoms with Crippen molar-refractivity contribution in [3.63, 3.8) is 0 Å². The SMILES string of the molecule is COC(=O)N[C@H](C(=O)N1CCCC1c1ncc(-c2ccc(-c3cc(C#N)c4cc(Br)ccc4n3)cc2)[nH]1)C(C)C. The van der Waals surface area contributed by atoms with E-state index in [1.54, 1.807) is 11.1 Å². The van der Waals surface area contributed by atoms with E-state index in [1.807, 2.05) is 62.4 Å². The number of pyridine rings is 1. The summed E-state index contributed by atoms with van der Waals surface area (Å²) in [6, 6.07) is 16.8. The minimum absolute atomic E-state index is 0.0956. The summed E-state index contributed by atoms with van der Waals surface area (Å²) in [7, 11) is 1.29. The number of hydrogen-bond donors (Lipinski definition) is 2. The van der Waals surface area contributed by atoms with Crippen molar-refractivity contribution in [1.82, 2.24) is 25.2 Å². The molecule has 2 N–H and O–H groups in total. The molecule has 1 fully saturated rings. The van der Waals surface area contributed by atoms with Gasteiger partial charge in [0.25, 0.3) is 0 Å². The molecule has 1 saturated heterocycles. The summed E-state index contributed by atoms with van der Waals surface area (Å²) in [5, 5.41) is 13.2. The molecule has 1 aliphatic rings. The number of fused-ring (bicyclic) bond motifs is 1. The van der Waals surface area contributed by atoms with E-state index in [4.69, 9.17) is 9.72 Å². The standard InChI is InChI=1S/C30H29BrN6O3/c1-17(2)27(36-30(39)40-3)29(38)37-12-4-5-26(37)28-33-16-25(35-28)19-8-6-18(7-9-19)24-13-20(15-32)22-14-21(31)10-11-23(22)34-24/h6-11,13-14,16-17,26-27H,4-5,12H2,1-3H3,(H,33,35)(H,36,39)/t26?,27-/m0/s1. The van der Waals surface area contributed by atoms with Crippen LogP contribution in [0.5, 0.6) is 0 Å². The lowest BCUT2D eigenvalue weighted by molar-refractivity contribution is -0.135. The van der Waals surface area contributed by atoms with Gasteiger partial charge in [-0.25, -0.2) is 14.8 Å². The van der Waals surface area contributed by atoms with Crippen molar-refractivity contribution in [1.29, 1.82) is 5.26 Å². The van der Waals surface area contributed by atoms with Crippen molar-refractivity contribution in [3.05, 3.63) is 70.6 Å². The largest absolute Gasteiger partial charge is 0.453 e. The maximum atomic E-state index is 13.4. The Balaban J connectivity index is 1.36. The Bertz CT molecular complexity index is 1610. The van der Waals surface area contributed by atoms with Crippen LogP contribution in [0, 0.1) is 17.2 Å². The summed E-state index contributed by atoms with van der Waals surface area (Å²) in [5.41, 5.74) is 4.73. The minimum Gasteiger partial charge on any atom is -0.453 e. The van der Waals surface area contributed by atoms with Crippen LogP contribution < -0.4 is 5.32 Å². The zero-order valence-corrected chi connectivity index (χ0v) is 24.0. The van der Waals surface area contributed by atoms with Gasteiger partial charge in [0.15, 0.2) is 0 Å². The number of aromatic nitrogens is 3. The molecule has 4 aromatic rings. The third-order valence-electron chi connectivity index (χ3n) is 7.22. The van der Waals surface area contributed by atoms with Crippen LogP contribution >= 0.6 is 15.9 Å². The number of benzene rings is 2. The molecule has 5 rings (SSSR count). The molecule has 2 aromatic heterocycles. The highest BCUT2D eigenvalue weighted by Crippen LogP contribution is 2.33. The smallest absolute Gasteiger partial charge is 0.407 e. The van der Waals surface area contributed by atoms with Crippen molar-refractivity contribution >= 4 is 38.8 Å². The summed E-state index contributed by atoms with van der Waals surface area (Å²) in [6.07, 6.45) is 2.79. The summed E-state index contributed by atoms with van der Waals surface area (Å²) >= 11 is 3.46. The van der Waals surface area contributed by atoms with E-state index in [-0.39, 0.29) is 17.9 Å². The summed E-state index contributed by atoms with van der Waals surface area (Å²) in [4.78, 5) is 39.8. The van der Waals surface area contributed by atoms with Gasteiger partial charge in [-0.1, -0.05) is 54.0 Å². The topological polar surface area (TPSA) is 124 Å². The van der Waals surface area contributed by atoms with E-state index < -0.39 is 12.1 Å². The molecule has 0 spiro atoms. The molecule has 40 heavy (non-hydrogen) atoms. The molecule has 0 aliphatic carbocycles. The van der Waals surface area contributed by atoms with E-state index in [0.29, 0.717) is 17.9 Å². The van der Waals surface area contributed by atoms with Gasteiger partial charge in [0, 0.05) is 22.0 Å². The minimum atomic E-state index is -0.679. The number of alkyl carbamates (subject to hydrolysis) is 1. The summed E-state index contributed by atoms with van der Waals surface area (Å²) in [5.74, 6) is 0.477. The number of nitrogens with one attached hydrogen (secondary N) is 2. The van der Waals surface area contributed by atoms with Crippen LogP contribution in [0.1, 0.15) is 44.1 Å². The molecule has 0 bridgehead atoms. The molecule has 0 saturated carbocycles. The molecule has 10 heteroatoms. The first-order chi connectivity index (χ1) is 19.3. The number of likely N-dealkylation sites (tertiary alicyclic amines) is 1. The number of hydrogen-bond acceptors (Lipinski definition) is 6. The van der Waals surface area contributed by atoms with Gasteiger partial charge in [0.05, 0.1) is 47.9 Å². The number of halogens is 1. The van der Waals surface area contributed by atoms with E-state index in [2.05, 4.69) is 37.3 Å². The normalized spacial score (nSPS) is 15.7. The second kappa shape index (κ2) is 11.5. The second-order valence-corrected chi connectivity index (χ2v) is 11.1. The average Bonchev–Trinajstić information content (AvgIpc) is 3.65. The average molecular weight is 602 g/mol. The van der Waals surface area contributed by atoms with Gasteiger partial charge in [-0.05, 0) is 48.6 Å². The van der Waals surface area contributed by atoms with Gasteiger partial charge in [-0.15, -0.1) is 0 Å². The fourth-order valence-electron chi connectivity index (χ4n) is 5.10. The lowest BCUT2D eigenvalue weighted by atomic mass is 10.0. The Morgan fingerprint density at radius 1 is 1.18 bits per heavy atom. The fourth-order valence-corrected chi connectivity index (χ4v) is 5.47. The maximum Gasteiger partial charge on any atom is 0.407 e. The highest BCUT2D eigenvalue weighted by Gasteiger charge is 2.37. The number of amides is 2. The van der Waals surface area contributed by atoms with Gasteiger partial charge < -0.3 is 19.9 Å². The molecular formula is C30H29BrN6O3. The Morgan fingerprint density at radius 3 is 2.62 bits per heavy atom. The lowest BCUT2D eigenvalue weighted by Crippen LogP contribution is -2.51. The van der Waals surface area contributed by atoms with Crippen molar-refractivity contribution in [2.75, 3.05) is 13.7 Å². The molecular weight excluding hydrogens is 572 g/mol. The van der Waals surface area contributed by atoms with Crippen LogP contribution in [0.4, 0.5) is 4.79 Å². The number of imidazole rings is 1. The van der Waals surface area contributed by atoms with Gasteiger partial charge in [-0.3, -0.25) is 4.79 Å². The highest BCUT2D eigenvalue weighted by molar-refractivity contribution is 9.10. The summed E-state index contributed by atoms with van der Waals surface area (Å²) < 4.78 is 5.62. The van der Waals surface area contributed by atoms with Crippen LogP contribution in [0.2, 0.25) is 0 Å². The highest BCUT2D eigenvalue weighted by atomic mass is 79.9. The Labute approximate surface area is 240 Å². The first kappa shape index (κ1) is 27.3. The lowest BCUT2D eigenvalue weighted by Gasteiger charge is -2.30. The molecule has 204 valence electrons. The molecule has 2 amide bonds. The predicted octanol–water partition coefficient (Wildman–Crippen LogP) is 5.97. The van der Waals surface area contributed by atoms with Crippen molar-refractivity contribution < 1.29 is 14.3 Å². The quantitative estimate of drug-likeness (QED) is 0.281. The van der Waals surface area contributed by atoms with Crippen LogP contribution in [0.15, 0.2) is 59.2 Å². The molecule has 2 atom stereocenters. The fraction of sp³-hybridized carbons (Fsp3) is 0.300. The van der Waals surface area contributed by atoms with E-state index in [0.717, 1.165) is 50.7 Å². The van der Waals surface area contributed by atoms with Crippen LogP contribution in [0.3, 0.4) is 0 Å². The second-order valence-electron chi connectivity index (χ2n) is 10.1. The first-order valence-corrected chi connectivity index (χ1v) is 13.9. The number of aromatic amines is 1. The van der Waals surface area contributed by atoms with Gasteiger partial charge in [0.1, 0.15) is 11.9 Å². The van der Waals surface area contributed by atoms with Crippen molar-refractivity contribution in [3.8, 4) is 28.6 Å². The summed E-state index contributed by atoms with van der Waals surface area (Å²) in [6.45, 7) is 4.39. The Hall–Kier alpha value is -4.23. The van der Waals surface area contributed by atoms with Crippen LogP contribution in [0.25, 0.3) is 33.4 Å². The van der Waals surface area contributed by atoms with Gasteiger partial charge in [-0.2, -0.15) is 5.26 Å². The molecule has 1 aliphatic heterocycles. The number of ether oxygens (including phenoxy) is 1. The van der Waals surface area contributed by atoms with Crippen molar-refractivity contribution in [2.45, 2.75) is 38.8 Å². The van der Waals surface area contributed by atoms with Crippen LogP contribution in [-0.2, 0) is 9.53 Å². The predicted molar refractivity (Wildman–Crippen MR) is 155 cm³/mol. The Kier molecular flexibility index (Phi) is 7.85. The Morgan fingerprint density at radius 2 is 1.93 bits per heavy atom. The number of carbonyl (C=O) groups is 2. The number of nitrogens with zero attached hydrogens (tertiary/aromatic N) is 4. The van der Waals surface area contributed by atoms with E-state index >= 15 is 0 Å². The molecule has 0 radical (unpaired) electrons. The monoisotopic (exact) mass is 600 g/mol. The van der Waals surface area contributed by atoms with Gasteiger partial charge in [0.2, 0.25) is 5.91 Å². The maximum absolute atomic E-state index is 13.4. The molecule has 2 aromatic carbocycles. The van der Waals surface area contributed by atoms with E-state index in [1.165, 1.54) is 7.11 Å². The van der Waals surface area contributed by atoms with Gasteiger partial charge >= 0.3 is 6.09 Å². The molecule has 3 heterocycles. The van der Waals surface area contributed by atoms with E-state index in [9.17, 15) is 14.9 Å². The third-order valence-corrected chi connectivity index (χ3v) is 7.71. The molecule has 1 unspecified atom stereocenters. The number of methoxy groups -OCH3 is 1. The number of carbonyl (C=O) groups excluding carboxylic acids is 2. The number of nitriles is 1. The molecule has 9 nitrogen and oxygen atoms in total.